The van der Waals surface area contributed by atoms with Gasteiger partial charge >= 0.3 is 0 Å². The lowest BCUT2D eigenvalue weighted by atomic mass is 10.2. The zero-order valence-corrected chi connectivity index (χ0v) is 14.0. The molecule has 1 aromatic carbocycles. The minimum Gasteiger partial charge on any atom is -0.490 e. The van der Waals surface area contributed by atoms with Gasteiger partial charge in [-0.15, -0.1) is 0 Å². The van der Waals surface area contributed by atoms with Crippen LogP contribution in [0, 0.1) is 0 Å². The van der Waals surface area contributed by atoms with Gasteiger partial charge in [0, 0.05) is 18.3 Å². The average molecular weight is 331 g/mol. The first-order chi connectivity index (χ1) is 11.8. The fourth-order valence-electron chi connectivity index (χ4n) is 2.99. The SMILES string of the molecule is CCOc1ccc(CNc2n[nH]cc2CO)cc1OC1CCCC1. The van der Waals surface area contributed by atoms with Gasteiger partial charge < -0.3 is 19.9 Å². The molecule has 1 fully saturated rings. The average Bonchev–Trinajstić information content (AvgIpc) is 3.26. The number of aromatic amines is 1. The monoisotopic (exact) mass is 331 g/mol. The van der Waals surface area contributed by atoms with Crippen LogP contribution >= 0.6 is 0 Å². The summed E-state index contributed by atoms with van der Waals surface area (Å²) in [6.07, 6.45) is 6.68. The van der Waals surface area contributed by atoms with Gasteiger partial charge in [0.15, 0.2) is 17.3 Å². The van der Waals surface area contributed by atoms with Crippen molar-refractivity contribution >= 4 is 5.82 Å². The van der Waals surface area contributed by atoms with E-state index in [9.17, 15) is 5.11 Å². The van der Waals surface area contributed by atoms with Crippen LogP contribution in [0.5, 0.6) is 11.5 Å². The van der Waals surface area contributed by atoms with Crippen molar-refractivity contribution in [1.29, 1.82) is 0 Å². The highest BCUT2D eigenvalue weighted by atomic mass is 16.5. The Morgan fingerprint density at radius 2 is 2.12 bits per heavy atom. The second kappa shape index (κ2) is 8.06. The van der Waals surface area contributed by atoms with Crippen LogP contribution in [0.15, 0.2) is 24.4 Å². The lowest BCUT2D eigenvalue weighted by Gasteiger charge is -2.17. The number of hydrogen-bond donors (Lipinski definition) is 3. The molecule has 3 rings (SSSR count). The number of nitrogens with zero attached hydrogens (tertiary/aromatic N) is 1. The Hall–Kier alpha value is -2.21. The standard InChI is InChI=1S/C18H25N3O3/c1-2-23-16-8-7-13(9-17(16)24-15-5-3-4-6-15)10-19-18-14(12-22)11-20-21-18/h7-9,11,15,22H,2-6,10,12H2,1H3,(H2,19,20,21). The van der Waals surface area contributed by atoms with E-state index >= 15 is 0 Å². The van der Waals surface area contributed by atoms with E-state index in [1.165, 1.54) is 12.8 Å². The number of anilines is 1. The summed E-state index contributed by atoms with van der Waals surface area (Å²) in [7, 11) is 0. The van der Waals surface area contributed by atoms with Gasteiger partial charge in [0.05, 0.1) is 19.3 Å². The third-order valence-corrected chi connectivity index (χ3v) is 4.25. The lowest BCUT2D eigenvalue weighted by molar-refractivity contribution is 0.196. The molecule has 3 N–H and O–H groups in total. The van der Waals surface area contributed by atoms with Crippen molar-refractivity contribution in [2.75, 3.05) is 11.9 Å². The van der Waals surface area contributed by atoms with Crippen LogP contribution in [-0.4, -0.2) is 28.0 Å². The maximum atomic E-state index is 9.27. The summed E-state index contributed by atoms with van der Waals surface area (Å²) in [6.45, 7) is 3.15. The molecule has 0 spiro atoms. The molecule has 0 amide bonds. The Labute approximate surface area is 142 Å². The number of hydrogen-bond acceptors (Lipinski definition) is 5. The molecule has 2 aromatic rings. The molecule has 0 aliphatic heterocycles. The molecule has 1 aliphatic carbocycles. The molecular formula is C18H25N3O3. The smallest absolute Gasteiger partial charge is 0.161 e. The number of aliphatic hydroxyl groups is 1. The van der Waals surface area contributed by atoms with Crippen molar-refractivity contribution < 1.29 is 14.6 Å². The van der Waals surface area contributed by atoms with Crippen LogP contribution in [-0.2, 0) is 13.2 Å². The minimum absolute atomic E-state index is 0.0435. The molecule has 0 saturated heterocycles. The zero-order valence-electron chi connectivity index (χ0n) is 14.0. The fraction of sp³-hybridized carbons (Fsp3) is 0.500. The minimum atomic E-state index is -0.0435. The number of benzene rings is 1. The summed E-state index contributed by atoms with van der Waals surface area (Å²) in [5.74, 6) is 2.28. The molecule has 0 atom stereocenters. The fourth-order valence-corrected chi connectivity index (χ4v) is 2.99. The Morgan fingerprint density at radius 1 is 1.29 bits per heavy atom. The van der Waals surface area contributed by atoms with Crippen molar-refractivity contribution in [2.24, 2.45) is 0 Å². The third kappa shape index (κ3) is 4.00. The number of nitrogens with one attached hydrogen (secondary N) is 2. The molecule has 6 heteroatoms. The number of aliphatic hydroxyl groups excluding tert-OH is 1. The summed E-state index contributed by atoms with van der Waals surface area (Å²) >= 11 is 0. The maximum absolute atomic E-state index is 9.27. The maximum Gasteiger partial charge on any atom is 0.161 e. The first-order valence-electron chi connectivity index (χ1n) is 8.60. The van der Waals surface area contributed by atoms with Gasteiger partial charge in [0.25, 0.3) is 0 Å². The second-order valence-electron chi connectivity index (χ2n) is 6.01. The van der Waals surface area contributed by atoms with Crippen molar-refractivity contribution in [2.45, 2.75) is 51.9 Å². The highest BCUT2D eigenvalue weighted by Gasteiger charge is 2.19. The molecule has 6 nitrogen and oxygen atoms in total. The van der Waals surface area contributed by atoms with Gasteiger partial charge in [-0.3, -0.25) is 5.10 Å². The second-order valence-corrected chi connectivity index (χ2v) is 6.01. The predicted octanol–water partition coefficient (Wildman–Crippen LogP) is 3.23. The summed E-state index contributed by atoms with van der Waals surface area (Å²) in [5.41, 5.74) is 1.83. The number of H-pyrrole nitrogens is 1. The largest absolute Gasteiger partial charge is 0.490 e. The molecule has 130 valence electrons. The highest BCUT2D eigenvalue weighted by molar-refractivity contribution is 5.46. The van der Waals surface area contributed by atoms with E-state index in [1.807, 2.05) is 25.1 Å². The van der Waals surface area contributed by atoms with Gasteiger partial charge in [-0.1, -0.05) is 6.07 Å². The molecule has 0 radical (unpaired) electrons. The molecule has 0 unspecified atom stereocenters. The lowest BCUT2D eigenvalue weighted by Crippen LogP contribution is -2.12. The van der Waals surface area contributed by atoms with Gasteiger partial charge in [-0.25, -0.2) is 0 Å². The topological polar surface area (TPSA) is 79.4 Å². The van der Waals surface area contributed by atoms with Crippen molar-refractivity contribution in [1.82, 2.24) is 10.2 Å². The zero-order chi connectivity index (χ0) is 16.8. The van der Waals surface area contributed by atoms with Gasteiger partial charge in [-0.2, -0.15) is 5.10 Å². The molecular weight excluding hydrogens is 306 g/mol. The van der Waals surface area contributed by atoms with E-state index in [0.29, 0.717) is 25.1 Å². The Kier molecular flexibility index (Phi) is 5.59. The number of rotatable bonds is 8. The van der Waals surface area contributed by atoms with Crippen molar-refractivity contribution in [3.05, 3.63) is 35.5 Å². The molecule has 1 aliphatic rings. The predicted molar refractivity (Wildman–Crippen MR) is 92.3 cm³/mol. The summed E-state index contributed by atoms with van der Waals surface area (Å²) in [5, 5.41) is 19.4. The first-order valence-corrected chi connectivity index (χ1v) is 8.60. The highest BCUT2D eigenvalue weighted by Crippen LogP contribution is 2.33. The van der Waals surface area contributed by atoms with E-state index in [0.717, 1.165) is 35.5 Å². The van der Waals surface area contributed by atoms with E-state index in [-0.39, 0.29) is 6.61 Å². The van der Waals surface area contributed by atoms with E-state index < -0.39 is 0 Å². The molecule has 24 heavy (non-hydrogen) atoms. The van der Waals surface area contributed by atoms with Gasteiger partial charge in [0.1, 0.15) is 0 Å². The third-order valence-electron chi connectivity index (χ3n) is 4.25. The normalized spacial score (nSPS) is 14.8. The van der Waals surface area contributed by atoms with Crippen LogP contribution < -0.4 is 14.8 Å². The van der Waals surface area contributed by atoms with Crippen LogP contribution in [0.25, 0.3) is 0 Å². The van der Waals surface area contributed by atoms with E-state index in [2.05, 4.69) is 15.5 Å². The summed E-state index contributed by atoms with van der Waals surface area (Å²) in [6, 6.07) is 6.01. The molecule has 1 saturated carbocycles. The first kappa shape index (κ1) is 16.6. The number of aromatic nitrogens is 2. The molecule has 1 aromatic heterocycles. The van der Waals surface area contributed by atoms with Crippen LogP contribution in [0.1, 0.15) is 43.7 Å². The van der Waals surface area contributed by atoms with E-state index in [4.69, 9.17) is 9.47 Å². The molecule has 0 bridgehead atoms. The Bertz CT molecular complexity index is 651. The van der Waals surface area contributed by atoms with E-state index in [1.54, 1.807) is 6.20 Å². The summed E-state index contributed by atoms with van der Waals surface area (Å²) < 4.78 is 11.9. The van der Waals surface area contributed by atoms with Gasteiger partial charge in [0.2, 0.25) is 0 Å². The van der Waals surface area contributed by atoms with Crippen LogP contribution in [0.3, 0.4) is 0 Å². The van der Waals surface area contributed by atoms with Crippen LogP contribution in [0.2, 0.25) is 0 Å². The van der Waals surface area contributed by atoms with Crippen molar-refractivity contribution in [3.63, 3.8) is 0 Å². The Balaban J connectivity index is 1.70. The van der Waals surface area contributed by atoms with Gasteiger partial charge in [-0.05, 0) is 50.3 Å². The molecule has 1 heterocycles. The van der Waals surface area contributed by atoms with Crippen molar-refractivity contribution in [3.8, 4) is 11.5 Å². The Morgan fingerprint density at radius 3 is 2.88 bits per heavy atom. The quantitative estimate of drug-likeness (QED) is 0.692. The number of ether oxygens (including phenoxy) is 2. The summed E-state index contributed by atoms with van der Waals surface area (Å²) in [4.78, 5) is 0. The van der Waals surface area contributed by atoms with Crippen LogP contribution in [0.4, 0.5) is 5.82 Å².